The normalized spacial score (nSPS) is 16.7. The number of hydrogen-bond acceptors (Lipinski definition) is 3. The van der Waals surface area contributed by atoms with E-state index < -0.39 is 5.82 Å². The number of anilines is 1. The van der Waals surface area contributed by atoms with Gasteiger partial charge < -0.3 is 4.90 Å². The summed E-state index contributed by atoms with van der Waals surface area (Å²) in [6.45, 7) is 1.12. The largest absolute Gasteiger partial charge is 0.308 e. The van der Waals surface area contributed by atoms with Gasteiger partial charge in [-0.3, -0.25) is 9.69 Å². The molecule has 2 aromatic carbocycles. The van der Waals surface area contributed by atoms with E-state index >= 15 is 0 Å². The highest BCUT2D eigenvalue weighted by Gasteiger charge is 2.29. The smallest absolute Gasteiger partial charge is 0.241 e. The number of likely N-dealkylation sites (tertiary alicyclic amines) is 1. The van der Waals surface area contributed by atoms with Crippen LogP contribution >= 0.6 is 0 Å². The fourth-order valence-electron chi connectivity index (χ4n) is 3.70. The maximum atomic E-state index is 14.2. The average Bonchev–Trinajstić information content (AvgIpc) is 3.12. The van der Waals surface area contributed by atoms with Crippen LogP contribution in [0.4, 0.5) is 14.5 Å². The first-order chi connectivity index (χ1) is 13.6. The Bertz CT molecular complexity index is 848. The summed E-state index contributed by atoms with van der Waals surface area (Å²) in [6.07, 6.45) is 2.82. The predicted molar refractivity (Wildman–Crippen MR) is 104 cm³/mol. The number of halogens is 2. The number of carbonyl (C=O) groups excluding carboxylic acids is 1. The number of rotatable bonds is 7. The standard InChI is InChI=1S/C22H23F2N3O/c23-18-10-8-17(9-11-18)15-19-5-3-13-26(19)16-22(28)27(14-4-12-25)21-7-2-1-6-20(21)24/h1-2,6-11,19H,3-5,13-16H2. The molecule has 146 valence electrons. The lowest BCUT2D eigenvalue weighted by atomic mass is 10.0. The molecule has 0 aliphatic carbocycles. The molecule has 0 spiro atoms. The van der Waals surface area contributed by atoms with Crippen LogP contribution in [0.25, 0.3) is 0 Å². The summed E-state index contributed by atoms with van der Waals surface area (Å²) >= 11 is 0. The molecule has 1 aliphatic heterocycles. The number of amides is 1. The molecule has 1 heterocycles. The monoisotopic (exact) mass is 383 g/mol. The van der Waals surface area contributed by atoms with Crippen LogP contribution in [0, 0.1) is 23.0 Å². The number of para-hydroxylation sites is 1. The molecular formula is C22H23F2N3O. The van der Waals surface area contributed by atoms with Gasteiger partial charge in [0.25, 0.3) is 0 Å². The van der Waals surface area contributed by atoms with Crippen LogP contribution in [-0.4, -0.2) is 36.5 Å². The molecule has 1 fully saturated rings. The van der Waals surface area contributed by atoms with Crippen molar-refractivity contribution >= 4 is 11.6 Å². The zero-order chi connectivity index (χ0) is 19.9. The fraction of sp³-hybridized carbons (Fsp3) is 0.364. The first kappa shape index (κ1) is 20.0. The maximum absolute atomic E-state index is 14.2. The van der Waals surface area contributed by atoms with E-state index in [0.29, 0.717) is 0 Å². The third-order valence-corrected chi connectivity index (χ3v) is 5.11. The summed E-state index contributed by atoms with van der Waals surface area (Å²) in [7, 11) is 0. The second kappa shape index (κ2) is 9.43. The van der Waals surface area contributed by atoms with E-state index in [-0.39, 0.29) is 43.0 Å². The van der Waals surface area contributed by atoms with E-state index in [0.717, 1.165) is 31.4 Å². The van der Waals surface area contributed by atoms with Gasteiger partial charge in [0, 0.05) is 12.6 Å². The third-order valence-electron chi connectivity index (χ3n) is 5.11. The Morgan fingerprint density at radius 3 is 2.64 bits per heavy atom. The van der Waals surface area contributed by atoms with E-state index in [9.17, 15) is 13.6 Å². The van der Waals surface area contributed by atoms with Crippen molar-refractivity contribution in [2.75, 3.05) is 24.5 Å². The van der Waals surface area contributed by atoms with E-state index in [1.165, 1.54) is 23.1 Å². The van der Waals surface area contributed by atoms with Gasteiger partial charge in [0.1, 0.15) is 11.6 Å². The Balaban J connectivity index is 1.70. The van der Waals surface area contributed by atoms with Crippen molar-refractivity contribution in [2.24, 2.45) is 0 Å². The van der Waals surface area contributed by atoms with Crippen molar-refractivity contribution in [3.8, 4) is 6.07 Å². The van der Waals surface area contributed by atoms with Crippen molar-refractivity contribution in [3.63, 3.8) is 0 Å². The van der Waals surface area contributed by atoms with E-state index in [2.05, 4.69) is 4.90 Å². The number of hydrogen-bond donors (Lipinski definition) is 0. The summed E-state index contributed by atoms with van der Waals surface area (Å²) in [4.78, 5) is 16.4. The van der Waals surface area contributed by atoms with E-state index in [1.807, 2.05) is 6.07 Å². The van der Waals surface area contributed by atoms with Gasteiger partial charge in [-0.1, -0.05) is 24.3 Å². The second-order valence-corrected chi connectivity index (χ2v) is 7.00. The Labute approximate surface area is 164 Å². The molecule has 1 amide bonds. The Hall–Kier alpha value is -2.78. The second-order valence-electron chi connectivity index (χ2n) is 7.00. The van der Waals surface area contributed by atoms with Crippen molar-refractivity contribution < 1.29 is 13.6 Å². The maximum Gasteiger partial charge on any atom is 0.241 e. The molecule has 1 saturated heterocycles. The molecule has 0 aromatic heterocycles. The third kappa shape index (κ3) is 4.93. The van der Waals surface area contributed by atoms with Crippen LogP contribution in [0.15, 0.2) is 48.5 Å². The predicted octanol–water partition coefficient (Wildman–Crippen LogP) is 3.92. The molecule has 2 aromatic rings. The molecule has 0 N–H and O–H groups in total. The van der Waals surface area contributed by atoms with Gasteiger partial charge in [0.15, 0.2) is 0 Å². The van der Waals surface area contributed by atoms with Crippen LogP contribution in [0.5, 0.6) is 0 Å². The van der Waals surface area contributed by atoms with Crippen molar-refractivity contribution in [1.29, 1.82) is 5.26 Å². The van der Waals surface area contributed by atoms with Gasteiger partial charge in [-0.25, -0.2) is 8.78 Å². The van der Waals surface area contributed by atoms with Gasteiger partial charge in [0.05, 0.1) is 24.7 Å². The molecule has 0 radical (unpaired) electrons. The molecule has 0 bridgehead atoms. The molecule has 1 atom stereocenters. The van der Waals surface area contributed by atoms with Crippen molar-refractivity contribution in [3.05, 3.63) is 65.7 Å². The first-order valence-corrected chi connectivity index (χ1v) is 9.49. The Kier molecular flexibility index (Phi) is 6.72. The Morgan fingerprint density at radius 2 is 1.93 bits per heavy atom. The molecule has 4 nitrogen and oxygen atoms in total. The zero-order valence-corrected chi connectivity index (χ0v) is 15.7. The SMILES string of the molecule is N#CCCN(C(=O)CN1CCCC1Cc1ccc(F)cc1)c1ccccc1F. The van der Waals surface area contributed by atoms with Gasteiger partial charge >= 0.3 is 0 Å². The summed E-state index contributed by atoms with van der Waals surface area (Å²) in [5, 5.41) is 8.90. The van der Waals surface area contributed by atoms with Gasteiger partial charge in [-0.05, 0) is 55.6 Å². The summed E-state index contributed by atoms with van der Waals surface area (Å²) in [6, 6.07) is 14.8. The highest BCUT2D eigenvalue weighted by atomic mass is 19.1. The first-order valence-electron chi connectivity index (χ1n) is 9.49. The molecule has 3 rings (SSSR count). The van der Waals surface area contributed by atoms with Crippen molar-refractivity contribution in [2.45, 2.75) is 31.7 Å². The average molecular weight is 383 g/mol. The summed E-state index contributed by atoms with van der Waals surface area (Å²) < 4.78 is 27.3. The van der Waals surface area contributed by atoms with Crippen LogP contribution < -0.4 is 4.90 Å². The van der Waals surface area contributed by atoms with E-state index in [1.54, 1.807) is 30.3 Å². The van der Waals surface area contributed by atoms with Crippen LogP contribution in [0.3, 0.4) is 0 Å². The molecule has 1 aliphatic rings. The molecule has 28 heavy (non-hydrogen) atoms. The number of nitrogens with zero attached hydrogens (tertiary/aromatic N) is 3. The fourth-order valence-corrected chi connectivity index (χ4v) is 3.70. The highest BCUT2D eigenvalue weighted by Crippen LogP contribution is 2.24. The minimum absolute atomic E-state index is 0.138. The zero-order valence-electron chi connectivity index (χ0n) is 15.7. The summed E-state index contributed by atoms with van der Waals surface area (Å²) in [5.41, 5.74) is 1.23. The quantitative estimate of drug-likeness (QED) is 0.728. The molecule has 1 unspecified atom stereocenters. The Morgan fingerprint density at radius 1 is 1.18 bits per heavy atom. The molecule has 6 heteroatoms. The molecular weight excluding hydrogens is 360 g/mol. The lowest BCUT2D eigenvalue weighted by Crippen LogP contribution is -2.43. The summed E-state index contributed by atoms with van der Waals surface area (Å²) in [5.74, 6) is -0.954. The number of benzene rings is 2. The minimum atomic E-state index is -0.474. The van der Waals surface area contributed by atoms with Crippen LogP contribution in [-0.2, 0) is 11.2 Å². The number of nitriles is 1. The van der Waals surface area contributed by atoms with Gasteiger partial charge in [-0.15, -0.1) is 0 Å². The van der Waals surface area contributed by atoms with Gasteiger partial charge in [-0.2, -0.15) is 5.26 Å². The van der Waals surface area contributed by atoms with Crippen LogP contribution in [0.1, 0.15) is 24.8 Å². The highest BCUT2D eigenvalue weighted by molar-refractivity contribution is 5.95. The lowest BCUT2D eigenvalue weighted by Gasteiger charge is -2.28. The van der Waals surface area contributed by atoms with Gasteiger partial charge in [0.2, 0.25) is 5.91 Å². The van der Waals surface area contributed by atoms with Crippen LogP contribution in [0.2, 0.25) is 0 Å². The lowest BCUT2D eigenvalue weighted by molar-refractivity contribution is -0.120. The number of carbonyl (C=O) groups is 1. The molecule has 0 saturated carbocycles. The topological polar surface area (TPSA) is 47.3 Å². The minimum Gasteiger partial charge on any atom is -0.308 e. The van der Waals surface area contributed by atoms with E-state index in [4.69, 9.17) is 5.26 Å². The van der Waals surface area contributed by atoms with Crippen molar-refractivity contribution in [1.82, 2.24) is 4.90 Å².